The topological polar surface area (TPSA) is 73.2 Å². The van der Waals surface area contributed by atoms with Gasteiger partial charge in [0.2, 0.25) is 0 Å². The first kappa shape index (κ1) is 27.0. The van der Waals surface area contributed by atoms with E-state index >= 15 is 0 Å². The van der Waals surface area contributed by atoms with Crippen LogP contribution < -0.4 is 0 Å². The molecule has 0 saturated heterocycles. The molecule has 3 rings (SSSR count). The quantitative estimate of drug-likeness (QED) is 0.385. The zero-order valence-corrected chi connectivity index (χ0v) is 20.6. The van der Waals surface area contributed by atoms with E-state index in [4.69, 9.17) is 5.41 Å². The Morgan fingerprint density at radius 3 is 2.36 bits per heavy atom. The predicted octanol–water partition coefficient (Wildman–Crippen LogP) is 5.32. The summed E-state index contributed by atoms with van der Waals surface area (Å²) in [5, 5.41) is 7.53. The molecule has 0 spiro atoms. The number of carbonyl (C=O) groups excluding carboxylic acids is 1. The molecular formula is C27H30F3N5O. The lowest BCUT2D eigenvalue weighted by Crippen LogP contribution is -2.36. The number of hydrogen-bond acceptors (Lipinski definition) is 5. The van der Waals surface area contributed by atoms with Crippen molar-refractivity contribution in [1.82, 2.24) is 19.8 Å². The first-order valence-electron chi connectivity index (χ1n) is 11.7. The van der Waals surface area contributed by atoms with E-state index in [2.05, 4.69) is 9.97 Å². The average molecular weight is 498 g/mol. The van der Waals surface area contributed by atoms with Gasteiger partial charge in [0.05, 0.1) is 17.5 Å². The molecule has 0 aliphatic carbocycles. The molecule has 3 aromatic rings. The van der Waals surface area contributed by atoms with Gasteiger partial charge in [-0.25, -0.2) is 9.97 Å². The third kappa shape index (κ3) is 7.21. The maximum atomic E-state index is 13.9. The van der Waals surface area contributed by atoms with Crippen molar-refractivity contribution in [1.29, 1.82) is 5.41 Å². The molecule has 190 valence electrons. The molecule has 6 nitrogen and oxygen atoms in total. The normalized spacial score (nSPS) is 11.5. The highest BCUT2D eigenvalue weighted by Crippen LogP contribution is 2.34. The van der Waals surface area contributed by atoms with E-state index in [1.807, 2.05) is 56.3 Å². The standard InChI is InChI=1S/C27H30F3N5O/c1-4-8-23-16-24(33-25(17-31)32-23)20-13-21(15-22(14-20)27(28,29)30)26(36)35(12-11-34(2)3)18-19-9-6-5-7-10-19/h5-7,9-10,13-17,31H,4,8,11-12,18H2,1-3H3. The van der Waals surface area contributed by atoms with Crippen LogP contribution in [0, 0.1) is 5.41 Å². The van der Waals surface area contributed by atoms with Crippen LogP contribution in [0.15, 0.2) is 54.6 Å². The molecule has 1 amide bonds. The fourth-order valence-electron chi connectivity index (χ4n) is 3.74. The molecule has 0 fully saturated rings. The summed E-state index contributed by atoms with van der Waals surface area (Å²) in [6.45, 7) is 3.13. The number of benzene rings is 2. The fraction of sp³-hybridized carbons (Fsp3) is 0.333. The van der Waals surface area contributed by atoms with Gasteiger partial charge in [-0.15, -0.1) is 0 Å². The first-order chi connectivity index (χ1) is 17.1. The SMILES string of the molecule is CCCc1cc(-c2cc(C(=O)N(CCN(C)C)Cc3ccccc3)cc(C(F)(F)F)c2)nc(C=N)n1. The molecule has 0 saturated carbocycles. The van der Waals surface area contributed by atoms with Gasteiger partial charge in [-0.2, -0.15) is 13.2 Å². The molecule has 0 aliphatic rings. The third-order valence-corrected chi connectivity index (χ3v) is 5.56. The number of rotatable bonds is 10. The maximum absolute atomic E-state index is 13.9. The van der Waals surface area contributed by atoms with E-state index in [9.17, 15) is 18.0 Å². The van der Waals surface area contributed by atoms with Crippen LogP contribution in [0.4, 0.5) is 13.2 Å². The third-order valence-electron chi connectivity index (χ3n) is 5.56. The highest BCUT2D eigenvalue weighted by atomic mass is 19.4. The number of hydrogen-bond donors (Lipinski definition) is 1. The number of amides is 1. The maximum Gasteiger partial charge on any atom is 0.416 e. The van der Waals surface area contributed by atoms with Gasteiger partial charge < -0.3 is 15.2 Å². The number of alkyl halides is 3. The van der Waals surface area contributed by atoms with E-state index in [0.717, 1.165) is 30.3 Å². The second kappa shape index (κ2) is 11.9. The van der Waals surface area contributed by atoms with Gasteiger partial charge in [-0.05, 0) is 50.3 Å². The lowest BCUT2D eigenvalue weighted by molar-refractivity contribution is -0.137. The van der Waals surface area contributed by atoms with Crippen molar-refractivity contribution in [2.24, 2.45) is 0 Å². The van der Waals surface area contributed by atoms with Crippen molar-refractivity contribution in [3.8, 4) is 11.3 Å². The lowest BCUT2D eigenvalue weighted by Gasteiger charge is -2.25. The summed E-state index contributed by atoms with van der Waals surface area (Å²) in [4.78, 5) is 25.6. The van der Waals surface area contributed by atoms with E-state index in [1.54, 1.807) is 11.0 Å². The highest BCUT2D eigenvalue weighted by molar-refractivity contribution is 5.95. The summed E-state index contributed by atoms with van der Waals surface area (Å²) in [5.74, 6) is -0.388. The summed E-state index contributed by atoms with van der Waals surface area (Å²) in [6.07, 6.45) is -2.31. The van der Waals surface area contributed by atoms with Crippen LogP contribution in [0.25, 0.3) is 11.3 Å². The molecule has 1 aromatic heterocycles. The van der Waals surface area contributed by atoms with E-state index in [0.29, 0.717) is 25.2 Å². The number of carbonyl (C=O) groups is 1. The Kier molecular flexibility index (Phi) is 8.93. The van der Waals surface area contributed by atoms with E-state index in [-0.39, 0.29) is 29.2 Å². The molecule has 2 aromatic carbocycles. The van der Waals surface area contributed by atoms with Gasteiger partial charge >= 0.3 is 6.18 Å². The van der Waals surface area contributed by atoms with Gasteiger partial charge in [0.25, 0.3) is 5.91 Å². The molecule has 0 unspecified atom stereocenters. The number of nitrogens with zero attached hydrogens (tertiary/aromatic N) is 4. The minimum atomic E-state index is -4.65. The monoisotopic (exact) mass is 497 g/mol. The van der Waals surface area contributed by atoms with Crippen LogP contribution in [0.1, 0.15) is 46.3 Å². The molecule has 0 atom stereocenters. The van der Waals surface area contributed by atoms with Crippen LogP contribution in [0.2, 0.25) is 0 Å². The Morgan fingerprint density at radius 1 is 1.03 bits per heavy atom. The predicted molar refractivity (Wildman–Crippen MR) is 134 cm³/mol. The fourth-order valence-corrected chi connectivity index (χ4v) is 3.74. The number of nitrogens with one attached hydrogen (secondary N) is 1. The van der Waals surface area contributed by atoms with Crippen LogP contribution >= 0.6 is 0 Å². The van der Waals surface area contributed by atoms with Gasteiger partial charge in [0, 0.05) is 36.5 Å². The summed E-state index contributed by atoms with van der Waals surface area (Å²) < 4.78 is 41.6. The van der Waals surface area contributed by atoms with Crippen molar-refractivity contribution in [2.75, 3.05) is 27.2 Å². The Bertz CT molecular complexity index is 1200. The number of aromatic nitrogens is 2. The molecule has 0 radical (unpaired) electrons. The largest absolute Gasteiger partial charge is 0.416 e. The zero-order valence-electron chi connectivity index (χ0n) is 20.6. The van der Waals surface area contributed by atoms with E-state index in [1.165, 1.54) is 6.07 Å². The Labute approximate surface area is 209 Å². The summed E-state index contributed by atoms with van der Waals surface area (Å²) in [6, 6.07) is 14.3. The second-order valence-corrected chi connectivity index (χ2v) is 8.81. The van der Waals surface area contributed by atoms with E-state index < -0.39 is 17.6 Å². The van der Waals surface area contributed by atoms with Gasteiger partial charge in [0.15, 0.2) is 5.82 Å². The summed E-state index contributed by atoms with van der Waals surface area (Å²) >= 11 is 0. The van der Waals surface area contributed by atoms with Crippen molar-refractivity contribution in [2.45, 2.75) is 32.5 Å². The van der Waals surface area contributed by atoms with Gasteiger partial charge in [0.1, 0.15) is 0 Å². The van der Waals surface area contributed by atoms with Gasteiger partial charge in [-0.3, -0.25) is 4.79 Å². The Balaban J connectivity index is 2.09. The van der Waals surface area contributed by atoms with Crippen LogP contribution in [-0.2, 0) is 19.1 Å². The summed E-state index contributed by atoms with van der Waals surface area (Å²) in [5.41, 5.74) is 0.915. The summed E-state index contributed by atoms with van der Waals surface area (Å²) in [7, 11) is 3.74. The Hall–Kier alpha value is -3.59. The molecule has 9 heteroatoms. The van der Waals surface area contributed by atoms with Crippen LogP contribution in [0.3, 0.4) is 0 Å². The molecule has 0 bridgehead atoms. The number of halogens is 3. The average Bonchev–Trinajstić information content (AvgIpc) is 2.85. The molecule has 0 aliphatic heterocycles. The van der Waals surface area contributed by atoms with Crippen molar-refractivity contribution < 1.29 is 18.0 Å². The van der Waals surface area contributed by atoms with Crippen LogP contribution in [-0.4, -0.2) is 59.1 Å². The van der Waals surface area contributed by atoms with Crippen molar-refractivity contribution in [3.05, 3.63) is 82.8 Å². The highest BCUT2D eigenvalue weighted by Gasteiger charge is 2.32. The number of aryl methyl sites for hydroxylation is 1. The van der Waals surface area contributed by atoms with Crippen molar-refractivity contribution in [3.63, 3.8) is 0 Å². The molecule has 36 heavy (non-hydrogen) atoms. The molecular weight excluding hydrogens is 467 g/mol. The van der Waals surface area contributed by atoms with Crippen molar-refractivity contribution >= 4 is 12.1 Å². The first-order valence-corrected chi connectivity index (χ1v) is 11.7. The minimum Gasteiger partial charge on any atom is -0.333 e. The van der Waals surface area contributed by atoms with Gasteiger partial charge in [-0.1, -0.05) is 43.7 Å². The second-order valence-electron chi connectivity index (χ2n) is 8.81. The number of likely N-dealkylation sites (N-methyl/N-ethyl adjacent to an activating group) is 1. The lowest BCUT2D eigenvalue weighted by atomic mass is 10.0. The zero-order chi connectivity index (χ0) is 26.3. The Morgan fingerprint density at radius 2 is 1.75 bits per heavy atom. The van der Waals surface area contributed by atoms with Crippen LogP contribution in [0.5, 0.6) is 0 Å². The minimum absolute atomic E-state index is 0.0680. The molecule has 1 heterocycles. The smallest absolute Gasteiger partial charge is 0.333 e. The molecule has 1 N–H and O–H groups in total.